The Morgan fingerprint density at radius 2 is 2.00 bits per heavy atom. The van der Waals surface area contributed by atoms with Crippen molar-refractivity contribution in [1.29, 1.82) is 0 Å². The van der Waals surface area contributed by atoms with Crippen molar-refractivity contribution in [3.05, 3.63) is 27.8 Å². The first kappa shape index (κ1) is 11.7. The molecule has 0 spiro atoms. The van der Waals surface area contributed by atoms with E-state index >= 15 is 0 Å². The van der Waals surface area contributed by atoms with Gasteiger partial charge >= 0.3 is 0 Å². The predicted octanol–water partition coefficient (Wildman–Crippen LogP) is 3.22. The fourth-order valence-corrected chi connectivity index (χ4v) is 2.91. The molecule has 1 aliphatic carbocycles. The minimum atomic E-state index is 0.171. The molecule has 2 rings (SSSR count). The van der Waals surface area contributed by atoms with Crippen molar-refractivity contribution < 1.29 is 9.47 Å². The standard InChI is InChI=1S/C11H12BrIO2/c1-14-11-9(12)6-10(11)15-8-4-2-7(13)3-5-8/h2-5,9-11H,6H2,1H3. The van der Waals surface area contributed by atoms with Crippen molar-refractivity contribution in [2.24, 2.45) is 0 Å². The van der Waals surface area contributed by atoms with Crippen LogP contribution < -0.4 is 4.74 Å². The van der Waals surface area contributed by atoms with Crippen molar-refractivity contribution in [2.45, 2.75) is 23.5 Å². The molecule has 0 radical (unpaired) electrons. The second-order valence-electron chi connectivity index (χ2n) is 3.56. The van der Waals surface area contributed by atoms with E-state index in [0.29, 0.717) is 4.83 Å². The third-order valence-corrected chi connectivity index (χ3v) is 4.17. The second kappa shape index (κ2) is 5.01. The molecule has 0 aliphatic heterocycles. The van der Waals surface area contributed by atoms with Gasteiger partial charge in [-0.25, -0.2) is 0 Å². The summed E-state index contributed by atoms with van der Waals surface area (Å²) in [5.74, 6) is 0.918. The van der Waals surface area contributed by atoms with E-state index in [0.717, 1.165) is 12.2 Å². The van der Waals surface area contributed by atoms with Gasteiger partial charge in [-0.1, -0.05) is 15.9 Å². The third kappa shape index (κ3) is 2.65. The van der Waals surface area contributed by atoms with Crippen molar-refractivity contribution in [3.8, 4) is 5.75 Å². The molecule has 2 nitrogen and oxygen atoms in total. The Kier molecular flexibility index (Phi) is 3.90. The maximum absolute atomic E-state index is 5.82. The summed E-state index contributed by atoms with van der Waals surface area (Å²) in [7, 11) is 1.72. The first-order chi connectivity index (χ1) is 7.20. The van der Waals surface area contributed by atoms with Crippen LogP contribution in [0.15, 0.2) is 24.3 Å². The molecule has 15 heavy (non-hydrogen) atoms. The molecular weight excluding hydrogens is 371 g/mol. The summed E-state index contributed by atoms with van der Waals surface area (Å²) < 4.78 is 12.4. The maximum Gasteiger partial charge on any atom is 0.127 e. The average molecular weight is 383 g/mol. The van der Waals surface area contributed by atoms with Crippen molar-refractivity contribution in [2.75, 3.05) is 7.11 Å². The van der Waals surface area contributed by atoms with Crippen LogP contribution in [-0.4, -0.2) is 24.1 Å². The highest BCUT2D eigenvalue weighted by atomic mass is 127. The van der Waals surface area contributed by atoms with Crippen LogP contribution >= 0.6 is 38.5 Å². The number of ether oxygens (including phenoxy) is 2. The van der Waals surface area contributed by atoms with Crippen LogP contribution in [-0.2, 0) is 4.74 Å². The van der Waals surface area contributed by atoms with Gasteiger partial charge in [-0.05, 0) is 46.9 Å². The third-order valence-electron chi connectivity index (χ3n) is 2.55. The van der Waals surface area contributed by atoms with Crippen LogP contribution in [0.4, 0.5) is 0 Å². The second-order valence-corrected chi connectivity index (χ2v) is 5.98. The van der Waals surface area contributed by atoms with Gasteiger partial charge in [0.15, 0.2) is 0 Å². The van der Waals surface area contributed by atoms with Crippen molar-refractivity contribution in [1.82, 2.24) is 0 Å². The van der Waals surface area contributed by atoms with E-state index in [9.17, 15) is 0 Å². The lowest BCUT2D eigenvalue weighted by Crippen LogP contribution is -2.51. The number of hydrogen-bond acceptors (Lipinski definition) is 2. The molecule has 1 aromatic carbocycles. The smallest absolute Gasteiger partial charge is 0.127 e. The van der Waals surface area contributed by atoms with Gasteiger partial charge in [0.05, 0.1) is 0 Å². The van der Waals surface area contributed by atoms with Gasteiger partial charge in [-0.3, -0.25) is 0 Å². The zero-order chi connectivity index (χ0) is 10.8. The summed E-state index contributed by atoms with van der Waals surface area (Å²) in [6.45, 7) is 0. The van der Waals surface area contributed by atoms with Crippen LogP contribution in [0.1, 0.15) is 6.42 Å². The zero-order valence-corrected chi connectivity index (χ0v) is 12.1. The molecule has 3 unspecified atom stereocenters. The number of benzene rings is 1. The van der Waals surface area contributed by atoms with E-state index in [1.807, 2.05) is 24.3 Å². The SMILES string of the molecule is COC1C(Br)CC1Oc1ccc(I)cc1. The number of halogens is 2. The minimum absolute atomic E-state index is 0.171. The fourth-order valence-electron chi connectivity index (χ4n) is 1.63. The van der Waals surface area contributed by atoms with Gasteiger partial charge in [0, 0.05) is 21.9 Å². The van der Waals surface area contributed by atoms with Crippen LogP contribution in [0.3, 0.4) is 0 Å². The topological polar surface area (TPSA) is 18.5 Å². The number of alkyl halides is 1. The molecule has 0 amide bonds. The molecule has 0 bridgehead atoms. The first-order valence-corrected chi connectivity index (χ1v) is 6.79. The van der Waals surface area contributed by atoms with E-state index in [1.165, 1.54) is 3.57 Å². The predicted molar refractivity (Wildman–Crippen MR) is 71.7 cm³/mol. The van der Waals surface area contributed by atoms with E-state index < -0.39 is 0 Å². The van der Waals surface area contributed by atoms with Crippen LogP contribution in [0.2, 0.25) is 0 Å². The Balaban J connectivity index is 1.95. The first-order valence-electron chi connectivity index (χ1n) is 4.80. The molecule has 82 valence electrons. The fraction of sp³-hybridized carbons (Fsp3) is 0.455. The summed E-state index contributed by atoms with van der Waals surface area (Å²) in [4.78, 5) is 0.427. The largest absolute Gasteiger partial charge is 0.488 e. The van der Waals surface area contributed by atoms with Gasteiger partial charge < -0.3 is 9.47 Å². The molecule has 1 fully saturated rings. The molecule has 3 atom stereocenters. The van der Waals surface area contributed by atoms with Crippen LogP contribution in [0.5, 0.6) is 5.75 Å². The summed E-state index contributed by atoms with van der Waals surface area (Å²) in [5.41, 5.74) is 0. The molecule has 0 N–H and O–H groups in total. The molecule has 0 aromatic heterocycles. The normalized spacial score (nSPS) is 29.7. The Morgan fingerprint density at radius 3 is 2.53 bits per heavy atom. The van der Waals surface area contributed by atoms with Crippen LogP contribution in [0, 0.1) is 3.57 Å². The minimum Gasteiger partial charge on any atom is -0.488 e. The quantitative estimate of drug-likeness (QED) is 0.590. The highest BCUT2D eigenvalue weighted by molar-refractivity contribution is 14.1. The molecular formula is C11H12BrIO2. The maximum atomic E-state index is 5.82. The Morgan fingerprint density at radius 1 is 1.33 bits per heavy atom. The molecule has 1 aliphatic rings. The summed E-state index contributed by atoms with van der Waals surface area (Å²) >= 11 is 5.83. The summed E-state index contributed by atoms with van der Waals surface area (Å²) in [6.07, 6.45) is 1.36. The van der Waals surface area contributed by atoms with Crippen molar-refractivity contribution >= 4 is 38.5 Å². The highest BCUT2D eigenvalue weighted by Crippen LogP contribution is 2.33. The lowest BCUT2D eigenvalue weighted by atomic mass is 9.91. The van der Waals surface area contributed by atoms with E-state index in [-0.39, 0.29) is 12.2 Å². The Bertz CT molecular complexity index is 328. The van der Waals surface area contributed by atoms with E-state index in [4.69, 9.17) is 9.47 Å². The van der Waals surface area contributed by atoms with Gasteiger partial charge in [0.25, 0.3) is 0 Å². The van der Waals surface area contributed by atoms with Gasteiger partial charge in [0.1, 0.15) is 18.0 Å². The average Bonchev–Trinajstić information content (AvgIpc) is 2.21. The van der Waals surface area contributed by atoms with Crippen molar-refractivity contribution in [3.63, 3.8) is 0 Å². The van der Waals surface area contributed by atoms with E-state index in [2.05, 4.69) is 38.5 Å². The van der Waals surface area contributed by atoms with Crippen LogP contribution in [0.25, 0.3) is 0 Å². The number of rotatable bonds is 3. The molecule has 0 heterocycles. The number of methoxy groups -OCH3 is 1. The lowest BCUT2D eigenvalue weighted by Gasteiger charge is -2.40. The van der Waals surface area contributed by atoms with Gasteiger partial charge in [-0.2, -0.15) is 0 Å². The van der Waals surface area contributed by atoms with Gasteiger partial charge in [0.2, 0.25) is 0 Å². The lowest BCUT2D eigenvalue weighted by molar-refractivity contribution is -0.0544. The molecule has 1 aromatic rings. The Hall–Kier alpha value is 0.190. The molecule has 0 saturated heterocycles. The highest BCUT2D eigenvalue weighted by Gasteiger charge is 2.41. The van der Waals surface area contributed by atoms with E-state index in [1.54, 1.807) is 7.11 Å². The monoisotopic (exact) mass is 382 g/mol. The summed E-state index contributed by atoms with van der Waals surface area (Å²) in [5, 5.41) is 0. The molecule has 1 saturated carbocycles. The summed E-state index contributed by atoms with van der Waals surface area (Å²) in [6, 6.07) is 8.08. The number of hydrogen-bond donors (Lipinski definition) is 0. The Labute approximate surface area is 112 Å². The zero-order valence-electron chi connectivity index (χ0n) is 8.32. The van der Waals surface area contributed by atoms with Gasteiger partial charge in [-0.15, -0.1) is 0 Å². The molecule has 4 heteroatoms.